The number of nitrogens with zero attached hydrogens (tertiary/aromatic N) is 3. The van der Waals surface area contributed by atoms with Crippen LogP contribution in [0.5, 0.6) is 0 Å². The van der Waals surface area contributed by atoms with Crippen molar-refractivity contribution in [2.45, 2.75) is 19.4 Å². The third kappa shape index (κ3) is 3.40. The van der Waals surface area contributed by atoms with Gasteiger partial charge in [0.1, 0.15) is 5.01 Å². The lowest BCUT2D eigenvalue weighted by Gasteiger charge is -2.21. The zero-order valence-corrected chi connectivity index (χ0v) is 18.0. The largest absolute Gasteiger partial charge is 0.378 e. The van der Waals surface area contributed by atoms with Gasteiger partial charge in [0.15, 0.2) is 0 Å². The van der Waals surface area contributed by atoms with Crippen LogP contribution < -0.4 is 9.21 Å². The Morgan fingerprint density at radius 3 is 2.43 bits per heavy atom. The minimum absolute atomic E-state index is 0.0542. The van der Waals surface area contributed by atoms with Crippen molar-refractivity contribution >= 4 is 32.7 Å². The quantitative estimate of drug-likeness (QED) is 0.642. The second-order valence-corrected chi connectivity index (χ2v) is 10.2. The predicted octanol–water partition coefficient (Wildman–Crippen LogP) is 4.25. The maximum absolute atomic E-state index is 12.1. The van der Waals surface area contributed by atoms with E-state index in [4.69, 9.17) is 4.98 Å². The van der Waals surface area contributed by atoms with Crippen molar-refractivity contribution < 1.29 is 8.42 Å². The molecule has 5 nitrogen and oxygen atoms in total. The molecule has 0 N–H and O–H groups in total. The van der Waals surface area contributed by atoms with Crippen molar-refractivity contribution in [1.82, 2.24) is 4.98 Å². The normalized spacial score (nSPS) is 16.3. The number of fused-ring (bicyclic) bond motifs is 1. The van der Waals surface area contributed by atoms with Crippen LogP contribution in [0, 0.1) is 0 Å². The van der Waals surface area contributed by atoms with Gasteiger partial charge in [-0.3, -0.25) is 4.31 Å². The van der Waals surface area contributed by atoms with Gasteiger partial charge in [0.2, 0.25) is 10.0 Å². The number of rotatable bonds is 4. The van der Waals surface area contributed by atoms with E-state index in [0.29, 0.717) is 0 Å². The van der Waals surface area contributed by atoms with E-state index in [1.807, 2.05) is 33.2 Å². The molecule has 0 aliphatic carbocycles. The molecule has 0 saturated heterocycles. The molecule has 2 heterocycles. The van der Waals surface area contributed by atoms with Crippen LogP contribution in [0.25, 0.3) is 21.8 Å². The Kier molecular flexibility index (Phi) is 4.67. The fraction of sp³-hybridized carbons (Fsp3) is 0.286. The van der Waals surface area contributed by atoms with E-state index in [1.54, 1.807) is 11.3 Å². The Labute approximate surface area is 170 Å². The van der Waals surface area contributed by atoms with E-state index in [-0.39, 0.29) is 6.04 Å². The Bertz CT molecular complexity index is 1120. The molecule has 0 bridgehead atoms. The molecule has 0 fully saturated rings. The highest BCUT2D eigenvalue weighted by Gasteiger charge is 2.32. The summed E-state index contributed by atoms with van der Waals surface area (Å²) in [5.74, 6) is 0. The number of anilines is 2. The highest BCUT2D eigenvalue weighted by molar-refractivity contribution is 7.92. The van der Waals surface area contributed by atoms with Crippen LogP contribution in [-0.2, 0) is 16.4 Å². The summed E-state index contributed by atoms with van der Waals surface area (Å²) in [5, 5.41) is 3.04. The number of hydrogen-bond acceptors (Lipinski definition) is 5. The summed E-state index contributed by atoms with van der Waals surface area (Å²) in [6, 6.07) is 14.2. The summed E-state index contributed by atoms with van der Waals surface area (Å²) >= 11 is 1.62. The average Bonchev–Trinajstić information content (AvgIpc) is 3.24. The van der Waals surface area contributed by atoms with Gasteiger partial charge in [-0.05, 0) is 55.3 Å². The molecule has 1 aliphatic heterocycles. The molecule has 0 unspecified atom stereocenters. The minimum atomic E-state index is -3.27. The monoisotopic (exact) mass is 413 g/mol. The van der Waals surface area contributed by atoms with Crippen molar-refractivity contribution in [2.24, 2.45) is 0 Å². The first kappa shape index (κ1) is 19.0. The summed E-state index contributed by atoms with van der Waals surface area (Å²) < 4.78 is 25.7. The smallest absolute Gasteiger partial charge is 0.232 e. The van der Waals surface area contributed by atoms with Crippen LogP contribution in [0.15, 0.2) is 47.8 Å². The third-order valence-electron chi connectivity index (χ3n) is 5.02. The summed E-state index contributed by atoms with van der Waals surface area (Å²) in [5.41, 5.74) is 6.04. The Balaban J connectivity index is 1.64. The van der Waals surface area contributed by atoms with E-state index < -0.39 is 10.0 Å². The maximum Gasteiger partial charge on any atom is 0.232 e. The first-order valence-electron chi connectivity index (χ1n) is 9.10. The van der Waals surface area contributed by atoms with Gasteiger partial charge in [-0.15, -0.1) is 11.3 Å². The van der Waals surface area contributed by atoms with Crippen molar-refractivity contribution in [2.75, 3.05) is 29.6 Å². The molecule has 2 aromatic carbocycles. The van der Waals surface area contributed by atoms with Crippen LogP contribution in [0.2, 0.25) is 0 Å². The minimum Gasteiger partial charge on any atom is -0.378 e. The topological polar surface area (TPSA) is 53.5 Å². The zero-order chi connectivity index (χ0) is 20.1. The summed E-state index contributed by atoms with van der Waals surface area (Å²) in [6.07, 6.45) is 1.99. The van der Waals surface area contributed by atoms with Crippen molar-refractivity contribution in [3.05, 3.63) is 53.4 Å². The van der Waals surface area contributed by atoms with Crippen molar-refractivity contribution in [3.63, 3.8) is 0 Å². The highest BCUT2D eigenvalue weighted by Crippen LogP contribution is 2.38. The molecule has 1 aromatic heterocycles. The van der Waals surface area contributed by atoms with Crippen LogP contribution >= 0.6 is 11.3 Å². The fourth-order valence-corrected chi connectivity index (χ4v) is 5.81. The standard InChI is InChI=1S/C21H23N3O2S2/c1-14-11-17-12-16(7-10-20(17)24(14)28(4,25)26)19-13-27-21(22-19)15-5-8-18(9-6-15)23(2)3/h5-10,12-14H,11H2,1-4H3/t14-/m1/s1. The molecule has 28 heavy (non-hydrogen) atoms. The van der Waals surface area contributed by atoms with E-state index in [2.05, 4.69) is 40.6 Å². The van der Waals surface area contributed by atoms with Crippen molar-refractivity contribution in [1.29, 1.82) is 0 Å². The van der Waals surface area contributed by atoms with Crippen LogP contribution in [0.4, 0.5) is 11.4 Å². The van der Waals surface area contributed by atoms with Gasteiger partial charge < -0.3 is 4.90 Å². The highest BCUT2D eigenvalue weighted by atomic mass is 32.2. The average molecular weight is 414 g/mol. The molecule has 0 saturated carbocycles. The molecule has 7 heteroatoms. The van der Waals surface area contributed by atoms with E-state index in [1.165, 1.54) is 10.6 Å². The van der Waals surface area contributed by atoms with Gasteiger partial charge in [0.25, 0.3) is 0 Å². The molecule has 0 spiro atoms. The van der Waals surface area contributed by atoms with Gasteiger partial charge in [0, 0.05) is 42.3 Å². The van der Waals surface area contributed by atoms with Gasteiger partial charge in [-0.25, -0.2) is 13.4 Å². The number of sulfonamides is 1. The molecule has 1 atom stereocenters. The fourth-order valence-electron chi connectivity index (χ4n) is 3.71. The van der Waals surface area contributed by atoms with Crippen LogP contribution in [0.1, 0.15) is 12.5 Å². The predicted molar refractivity (Wildman–Crippen MR) is 118 cm³/mol. The third-order valence-corrected chi connectivity index (χ3v) is 7.18. The number of aromatic nitrogens is 1. The van der Waals surface area contributed by atoms with Crippen molar-refractivity contribution in [3.8, 4) is 21.8 Å². The van der Waals surface area contributed by atoms with Gasteiger partial charge in [0.05, 0.1) is 17.6 Å². The summed E-state index contributed by atoms with van der Waals surface area (Å²) in [7, 11) is 0.780. The molecule has 0 amide bonds. The van der Waals surface area contributed by atoms with Gasteiger partial charge in [-0.2, -0.15) is 0 Å². The van der Waals surface area contributed by atoms with E-state index in [0.717, 1.165) is 45.2 Å². The number of hydrogen-bond donors (Lipinski definition) is 0. The van der Waals surface area contributed by atoms with Gasteiger partial charge in [-0.1, -0.05) is 6.07 Å². The molecule has 146 valence electrons. The van der Waals surface area contributed by atoms with E-state index in [9.17, 15) is 8.42 Å². The van der Waals surface area contributed by atoms with Gasteiger partial charge >= 0.3 is 0 Å². The lowest BCUT2D eigenvalue weighted by atomic mass is 10.1. The molecule has 4 rings (SSSR count). The van der Waals surface area contributed by atoms with Crippen LogP contribution in [0.3, 0.4) is 0 Å². The second kappa shape index (κ2) is 6.90. The summed E-state index contributed by atoms with van der Waals surface area (Å²) in [6.45, 7) is 1.94. The molecule has 3 aromatic rings. The molecule has 0 radical (unpaired) electrons. The lowest BCUT2D eigenvalue weighted by molar-refractivity contribution is 0.590. The number of thiazole rings is 1. The molecule has 1 aliphatic rings. The first-order valence-corrected chi connectivity index (χ1v) is 11.8. The van der Waals surface area contributed by atoms with E-state index >= 15 is 0 Å². The lowest BCUT2D eigenvalue weighted by Crippen LogP contribution is -2.34. The Morgan fingerprint density at radius 1 is 1.11 bits per heavy atom. The molecular weight excluding hydrogens is 390 g/mol. The Hall–Kier alpha value is -2.38. The summed E-state index contributed by atoms with van der Waals surface area (Å²) in [4.78, 5) is 6.88. The Morgan fingerprint density at radius 2 is 1.79 bits per heavy atom. The number of benzene rings is 2. The first-order chi connectivity index (χ1) is 13.2. The zero-order valence-electron chi connectivity index (χ0n) is 16.4. The molecular formula is C21H23N3O2S2. The maximum atomic E-state index is 12.1. The SMILES string of the molecule is C[C@@H]1Cc2cc(-c3csc(-c4ccc(N(C)C)cc4)n3)ccc2N1S(C)(=O)=O. The van der Waals surface area contributed by atoms with Crippen LogP contribution in [-0.4, -0.2) is 39.8 Å². The second-order valence-electron chi connectivity index (χ2n) is 7.43.